The average molecular weight is 456 g/mol. The standard InChI is InChI=1S/C25H33N3O5/c1-25(2,3)33-24(30)28-17-12-16(13-18(28)15-32-14-17)26-23(29)22-19-6-4-5-7-20(19)27-9-11-31-10-8-21(22)27/h4-7,16-18H,8-15H2,1-3H3,(H,26,29). The predicted molar refractivity (Wildman–Crippen MR) is 123 cm³/mol. The molecule has 8 nitrogen and oxygen atoms in total. The van der Waals surface area contributed by atoms with Crippen molar-refractivity contribution in [2.24, 2.45) is 0 Å². The maximum absolute atomic E-state index is 13.6. The SMILES string of the molecule is CC(C)(C)OC(=O)N1C2COCC1CC(NC(=O)c1c3n(c4ccccc14)CCOCC3)C2. The van der Waals surface area contributed by atoms with Gasteiger partial charge in [0.1, 0.15) is 5.60 Å². The molecule has 1 N–H and O–H groups in total. The van der Waals surface area contributed by atoms with E-state index >= 15 is 0 Å². The van der Waals surface area contributed by atoms with Crippen molar-refractivity contribution in [3.05, 3.63) is 35.5 Å². The third-order valence-corrected chi connectivity index (χ3v) is 6.71. The number of hydrogen-bond donors (Lipinski definition) is 1. The molecule has 2 atom stereocenters. The van der Waals surface area contributed by atoms with E-state index in [1.54, 1.807) is 0 Å². The molecule has 4 heterocycles. The number of nitrogens with zero attached hydrogens (tertiary/aromatic N) is 2. The summed E-state index contributed by atoms with van der Waals surface area (Å²) in [5, 5.41) is 4.28. The minimum absolute atomic E-state index is 0.0218. The van der Waals surface area contributed by atoms with Crippen molar-refractivity contribution in [3.63, 3.8) is 0 Å². The van der Waals surface area contributed by atoms with Gasteiger partial charge in [-0.25, -0.2) is 4.79 Å². The summed E-state index contributed by atoms with van der Waals surface area (Å²) in [6.45, 7) is 8.57. The first kappa shape index (κ1) is 22.2. The Kier molecular flexibility index (Phi) is 5.82. The van der Waals surface area contributed by atoms with Crippen LogP contribution in [0, 0.1) is 0 Å². The number of morpholine rings is 1. The Morgan fingerprint density at radius 2 is 1.79 bits per heavy atom. The zero-order valence-electron chi connectivity index (χ0n) is 19.6. The van der Waals surface area contributed by atoms with Gasteiger partial charge in [-0.05, 0) is 39.7 Å². The highest BCUT2D eigenvalue weighted by molar-refractivity contribution is 6.08. The van der Waals surface area contributed by atoms with Crippen LogP contribution in [0.15, 0.2) is 24.3 Å². The number of carbonyl (C=O) groups excluding carboxylic acids is 2. The van der Waals surface area contributed by atoms with E-state index in [1.807, 2.05) is 43.9 Å². The summed E-state index contributed by atoms with van der Waals surface area (Å²) in [4.78, 5) is 28.2. The zero-order valence-corrected chi connectivity index (χ0v) is 19.6. The molecule has 178 valence electrons. The fraction of sp³-hybridized carbons (Fsp3) is 0.600. The highest BCUT2D eigenvalue weighted by Gasteiger charge is 2.44. The number of ether oxygens (including phenoxy) is 3. The van der Waals surface area contributed by atoms with Gasteiger partial charge in [-0.15, -0.1) is 0 Å². The van der Waals surface area contributed by atoms with Gasteiger partial charge in [0, 0.05) is 35.6 Å². The van der Waals surface area contributed by atoms with Crippen LogP contribution >= 0.6 is 0 Å². The number of fused-ring (bicyclic) bond motifs is 5. The smallest absolute Gasteiger partial charge is 0.410 e. The average Bonchev–Trinajstić information content (AvgIpc) is 2.87. The van der Waals surface area contributed by atoms with Gasteiger partial charge in [0.15, 0.2) is 0 Å². The van der Waals surface area contributed by atoms with Crippen LogP contribution in [0.4, 0.5) is 4.79 Å². The molecule has 0 saturated carbocycles. The van der Waals surface area contributed by atoms with Gasteiger partial charge >= 0.3 is 6.09 Å². The van der Waals surface area contributed by atoms with Crippen LogP contribution in [0.25, 0.3) is 10.9 Å². The number of para-hydroxylation sites is 1. The Labute approximate surface area is 194 Å². The van der Waals surface area contributed by atoms with Crippen LogP contribution in [-0.4, -0.2) is 71.6 Å². The van der Waals surface area contributed by atoms with E-state index in [1.165, 1.54) is 0 Å². The molecule has 2 fully saturated rings. The molecule has 2 bridgehead atoms. The number of benzene rings is 1. The van der Waals surface area contributed by atoms with Crippen molar-refractivity contribution in [2.45, 2.75) is 70.3 Å². The van der Waals surface area contributed by atoms with Crippen molar-refractivity contribution < 1.29 is 23.8 Å². The molecule has 2 amide bonds. The number of aromatic nitrogens is 1. The minimum atomic E-state index is -0.546. The second kappa shape index (κ2) is 8.65. The van der Waals surface area contributed by atoms with E-state index in [4.69, 9.17) is 14.2 Å². The number of rotatable bonds is 2. The van der Waals surface area contributed by atoms with Crippen LogP contribution in [0.3, 0.4) is 0 Å². The van der Waals surface area contributed by atoms with Crippen LogP contribution in [0.5, 0.6) is 0 Å². The fourth-order valence-electron chi connectivity index (χ4n) is 5.46. The summed E-state index contributed by atoms with van der Waals surface area (Å²) < 4.78 is 19.3. The normalized spacial score (nSPS) is 25.3. The second-order valence-electron chi connectivity index (χ2n) is 10.2. The van der Waals surface area contributed by atoms with E-state index < -0.39 is 5.60 Å². The molecule has 0 spiro atoms. The predicted octanol–water partition coefficient (Wildman–Crippen LogP) is 3.11. The molecule has 2 saturated heterocycles. The lowest BCUT2D eigenvalue weighted by atomic mass is 9.90. The zero-order chi connectivity index (χ0) is 23.2. The van der Waals surface area contributed by atoms with Crippen molar-refractivity contribution in [2.75, 3.05) is 26.4 Å². The number of piperidine rings is 1. The van der Waals surface area contributed by atoms with Crippen molar-refractivity contribution in [1.29, 1.82) is 0 Å². The monoisotopic (exact) mass is 455 g/mol. The molecule has 0 aliphatic carbocycles. The third kappa shape index (κ3) is 4.34. The third-order valence-electron chi connectivity index (χ3n) is 6.71. The van der Waals surface area contributed by atoms with Gasteiger partial charge in [0.05, 0.1) is 44.1 Å². The van der Waals surface area contributed by atoms with E-state index in [0.717, 1.165) is 28.7 Å². The Balaban J connectivity index is 1.36. The number of carbonyl (C=O) groups is 2. The fourth-order valence-corrected chi connectivity index (χ4v) is 5.46. The molecule has 2 aromatic rings. The molecule has 1 aromatic heterocycles. The molecule has 3 aliphatic rings. The van der Waals surface area contributed by atoms with E-state index in [2.05, 4.69) is 16.0 Å². The van der Waals surface area contributed by atoms with E-state index in [0.29, 0.717) is 45.7 Å². The number of nitrogens with one attached hydrogen (secondary N) is 1. The van der Waals surface area contributed by atoms with E-state index in [9.17, 15) is 9.59 Å². The Bertz CT molecular complexity index is 1040. The van der Waals surface area contributed by atoms with Gasteiger partial charge in [0.2, 0.25) is 0 Å². The maximum Gasteiger partial charge on any atom is 0.410 e. The van der Waals surface area contributed by atoms with Gasteiger partial charge in [0.25, 0.3) is 5.91 Å². The van der Waals surface area contributed by atoms with Crippen LogP contribution in [-0.2, 0) is 27.2 Å². The molecular formula is C25H33N3O5. The molecule has 0 radical (unpaired) electrons. The lowest BCUT2D eigenvalue weighted by Crippen LogP contribution is -2.63. The first-order chi connectivity index (χ1) is 15.8. The maximum atomic E-state index is 13.6. The van der Waals surface area contributed by atoms with Crippen LogP contribution in [0.1, 0.15) is 49.7 Å². The summed E-state index contributed by atoms with van der Waals surface area (Å²) in [6.07, 6.45) is 1.72. The molecule has 2 unspecified atom stereocenters. The second-order valence-corrected chi connectivity index (χ2v) is 10.2. The first-order valence-electron chi connectivity index (χ1n) is 11.9. The summed E-state index contributed by atoms with van der Waals surface area (Å²) >= 11 is 0. The van der Waals surface area contributed by atoms with Crippen molar-refractivity contribution >= 4 is 22.9 Å². The number of amides is 2. The molecule has 1 aromatic carbocycles. The van der Waals surface area contributed by atoms with Crippen molar-refractivity contribution in [1.82, 2.24) is 14.8 Å². The highest BCUT2D eigenvalue weighted by atomic mass is 16.6. The summed E-state index contributed by atoms with van der Waals surface area (Å²) in [7, 11) is 0. The van der Waals surface area contributed by atoms with Gasteiger partial charge in [-0.2, -0.15) is 0 Å². The largest absolute Gasteiger partial charge is 0.444 e. The van der Waals surface area contributed by atoms with Gasteiger partial charge in [-0.3, -0.25) is 9.69 Å². The minimum Gasteiger partial charge on any atom is -0.444 e. The molecule has 3 aliphatic heterocycles. The summed E-state index contributed by atoms with van der Waals surface area (Å²) in [5.74, 6) is -0.0449. The van der Waals surface area contributed by atoms with Crippen LogP contribution < -0.4 is 5.32 Å². The number of hydrogen-bond acceptors (Lipinski definition) is 5. The topological polar surface area (TPSA) is 82.0 Å². The lowest BCUT2D eigenvalue weighted by Gasteiger charge is -2.48. The Hall–Kier alpha value is -2.58. The Morgan fingerprint density at radius 1 is 1.06 bits per heavy atom. The van der Waals surface area contributed by atoms with Crippen LogP contribution in [0.2, 0.25) is 0 Å². The van der Waals surface area contributed by atoms with E-state index in [-0.39, 0.29) is 30.1 Å². The first-order valence-corrected chi connectivity index (χ1v) is 11.9. The summed E-state index contributed by atoms with van der Waals surface area (Å²) in [6, 6.07) is 7.87. The molecule has 33 heavy (non-hydrogen) atoms. The molecule has 8 heteroatoms. The Morgan fingerprint density at radius 3 is 2.52 bits per heavy atom. The van der Waals surface area contributed by atoms with Gasteiger partial charge < -0.3 is 24.1 Å². The summed E-state index contributed by atoms with van der Waals surface area (Å²) in [5.41, 5.74) is 2.33. The molecule has 5 rings (SSSR count). The van der Waals surface area contributed by atoms with Crippen molar-refractivity contribution in [3.8, 4) is 0 Å². The highest BCUT2D eigenvalue weighted by Crippen LogP contribution is 2.32. The lowest BCUT2D eigenvalue weighted by molar-refractivity contribution is -0.0835. The van der Waals surface area contributed by atoms with Gasteiger partial charge in [-0.1, -0.05) is 18.2 Å². The molecular weight excluding hydrogens is 422 g/mol. The quantitative estimate of drug-likeness (QED) is 0.753.